The number of carbonyl (C=O) groups is 2. The lowest BCUT2D eigenvalue weighted by Gasteiger charge is -2.16. The molecule has 1 rings (SSSR count). The van der Waals surface area contributed by atoms with Crippen LogP contribution in [0.25, 0.3) is 0 Å². The molecule has 1 aromatic carbocycles. The zero-order valence-corrected chi connectivity index (χ0v) is 12.2. The minimum Gasteiger partial charge on any atom is -0.497 e. The Labute approximate surface area is 122 Å². The van der Waals surface area contributed by atoms with Crippen molar-refractivity contribution in [2.75, 3.05) is 19.5 Å². The maximum Gasteiger partial charge on any atom is 0.234 e. The summed E-state index contributed by atoms with van der Waals surface area (Å²) in [6, 6.07) is 5.03. The molecule has 3 N–H and O–H groups in total. The number of rotatable bonds is 6. The van der Waals surface area contributed by atoms with Gasteiger partial charge < -0.3 is 20.5 Å². The number of amides is 1. The number of primary amides is 1. The van der Waals surface area contributed by atoms with Gasteiger partial charge in [-0.15, -0.1) is 0 Å². The molecule has 108 valence electrons. The highest BCUT2D eigenvalue weighted by Crippen LogP contribution is 2.29. The summed E-state index contributed by atoms with van der Waals surface area (Å²) in [5, 5.41) is 2.80. The highest BCUT2D eigenvalue weighted by atomic mass is 32.1. The van der Waals surface area contributed by atoms with Crippen LogP contribution >= 0.6 is 12.2 Å². The van der Waals surface area contributed by atoms with E-state index in [-0.39, 0.29) is 4.99 Å². The van der Waals surface area contributed by atoms with Crippen LogP contribution in [0.5, 0.6) is 11.5 Å². The van der Waals surface area contributed by atoms with Crippen molar-refractivity contribution < 1.29 is 19.1 Å². The number of ether oxygens (including phenoxy) is 2. The predicted octanol–water partition coefficient (Wildman–Crippen LogP) is 1.13. The minimum absolute atomic E-state index is 0.0246. The minimum atomic E-state index is -1.17. The fraction of sp³-hybridized carbons (Fsp3) is 0.308. The van der Waals surface area contributed by atoms with E-state index >= 15 is 0 Å². The fourth-order valence-corrected chi connectivity index (χ4v) is 2.02. The number of anilines is 1. The molecule has 7 heteroatoms. The van der Waals surface area contributed by atoms with Gasteiger partial charge in [0.25, 0.3) is 0 Å². The van der Waals surface area contributed by atoms with Gasteiger partial charge in [0.15, 0.2) is 0 Å². The van der Waals surface area contributed by atoms with E-state index in [1.807, 2.05) is 0 Å². The summed E-state index contributed by atoms with van der Waals surface area (Å²) in [6.07, 6.45) is 0. The Bertz CT molecular complexity index is 531. The number of carbonyl (C=O) groups excluding carboxylic acids is 2. The predicted molar refractivity (Wildman–Crippen MR) is 79.1 cm³/mol. The van der Waals surface area contributed by atoms with Gasteiger partial charge in [-0.2, -0.15) is 0 Å². The number of benzene rings is 1. The van der Waals surface area contributed by atoms with Crippen molar-refractivity contribution in [3.63, 3.8) is 0 Å². The number of nitrogens with one attached hydrogen (secondary N) is 1. The van der Waals surface area contributed by atoms with Gasteiger partial charge in [0, 0.05) is 6.07 Å². The second-order valence-corrected chi connectivity index (χ2v) is 4.44. The summed E-state index contributed by atoms with van der Waals surface area (Å²) in [5.74, 6) is -1.30. The Hall–Kier alpha value is -2.15. The maximum atomic E-state index is 11.4. The van der Waals surface area contributed by atoms with Crippen molar-refractivity contribution in [2.24, 2.45) is 11.7 Å². The van der Waals surface area contributed by atoms with E-state index in [0.717, 1.165) is 0 Å². The Morgan fingerprint density at radius 3 is 2.40 bits per heavy atom. The molecule has 0 aliphatic carbocycles. The summed E-state index contributed by atoms with van der Waals surface area (Å²) in [6.45, 7) is 1.26. The van der Waals surface area contributed by atoms with Gasteiger partial charge in [0.1, 0.15) is 23.2 Å². The molecule has 0 saturated heterocycles. The lowest BCUT2D eigenvalue weighted by atomic mass is 10.0. The highest BCUT2D eigenvalue weighted by molar-refractivity contribution is 7.80. The number of ketones is 1. The topological polar surface area (TPSA) is 90.7 Å². The molecule has 0 saturated carbocycles. The first-order valence-electron chi connectivity index (χ1n) is 5.73. The fourth-order valence-electron chi connectivity index (χ4n) is 1.63. The van der Waals surface area contributed by atoms with Gasteiger partial charge in [-0.1, -0.05) is 12.2 Å². The molecular formula is C13H16N2O4S. The van der Waals surface area contributed by atoms with E-state index in [9.17, 15) is 9.59 Å². The van der Waals surface area contributed by atoms with Crippen LogP contribution < -0.4 is 20.5 Å². The Balaban J connectivity index is 3.05. The van der Waals surface area contributed by atoms with E-state index in [1.54, 1.807) is 18.2 Å². The molecule has 0 radical (unpaired) electrons. The number of methoxy groups -OCH3 is 2. The quantitative estimate of drug-likeness (QED) is 0.604. The number of Topliss-reactive ketones (excluding diaryl/α,β-unsaturated/α-hetero) is 1. The molecule has 20 heavy (non-hydrogen) atoms. The number of hydrogen-bond donors (Lipinski definition) is 2. The first kappa shape index (κ1) is 15.9. The Morgan fingerprint density at radius 1 is 1.30 bits per heavy atom. The third-order valence-electron chi connectivity index (χ3n) is 2.62. The molecule has 6 nitrogen and oxygen atoms in total. The van der Waals surface area contributed by atoms with Crippen LogP contribution in [0.1, 0.15) is 6.92 Å². The summed E-state index contributed by atoms with van der Waals surface area (Å²) in [4.78, 5) is 22.7. The molecule has 0 aliphatic rings. The molecule has 0 heterocycles. The van der Waals surface area contributed by atoms with Gasteiger partial charge in [-0.05, 0) is 19.1 Å². The number of hydrogen-bond acceptors (Lipinski definition) is 5. The van der Waals surface area contributed by atoms with Crippen LogP contribution in [0.4, 0.5) is 5.69 Å². The van der Waals surface area contributed by atoms with Crippen LogP contribution in [-0.4, -0.2) is 30.9 Å². The molecule has 0 bridgehead atoms. The van der Waals surface area contributed by atoms with Crippen LogP contribution in [0, 0.1) is 5.92 Å². The SMILES string of the molecule is COc1ccc(OC)c(NC(=S)C(C(C)=O)C(N)=O)c1. The molecule has 1 unspecified atom stereocenters. The number of nitrogens with two attached hydrogens (primary N) is 1. The second kappa shape index (κ2) is 6.85. The van der Waals surface area contributed by atoms with Crippen molar-refractivity contribution in [1.82, 2.24) is 0 Å². The zero-order valence-electron chi connectivity index (χ0n) is 11.4. The molecule has 1 amide bonds. The molecule has 0 aliphatic heterocycles. The molecule has 1 atom stereocenters. The van der Waals surface area contributed by atoms with Gasteiger partial charge >= 0.3 is 0 Å². The van der Waals surface area contributed by atoms with Crippen molar-refractivity contribution >= 4 is 34.6 Å². The van der Waals surface area contributed by atoms with E-state index in [0.29, 0.717) is 17.2 Å². The smallest absolute Gasteiger partial charge is 0.234 e. The number of thiocarbonyl (C=S) groups is 1. The summed E-state index contributed by atoms with van der Waals surface area (Å²) < 4.78 is 10.3. The third-order valence-corrected chi connectivity index (χ3v) is 2.96. The highest BCUT2D eigenvalue weighted by Gasteiger charge is 2.26. The molecule has 0 aromatic heterocycles. The van der Waals surface area contributed by atoms with Crippen LogP contribution in [0.2, 0.25) is 0 Å². The summed E-state index contributed by atoms with van der Waals surface area (Å²) in [7, 11) is 3.01. The van der Waals surface area contributed by atoms with Gasteiger partial charge in [0.2, 0.25) is 5.91 Å². The zero-order chi connectivity index (χ0) is 15.3. The maximum absolute atomic E-state index is 11.4. The van der Waals surface area contributed by atoms with Gasteiger partial charge in [-0.25, -0.2) is 0 Å². The van der Waals surface area contributed by atoms with Crippen LogP contribution in [0.3, 0.4) is 0 Å². The largest absolute Gasteiger partial charge is 0.497 e. The standard InChI is InChI=1S/C13H16N2O4S/c1-7(16)11(12(14)17)13(20)15-9-6-8(18-2)4-5-10(9)19-3/h4-6,11H,1-3H3,(H2,14,17)(H,15,20). The average molecular weight is 296 g/mol. The molecule has 0 fully saturated rings. The first-order valence-corrected chi connectivity index (χ1v) is 6.14. The lowest BCUT2D eigenvalue weighted by Crippen LogP contribution is -2.38. The lowest BCUT2D eigenvalue weighted by molar-refractivity contribution is -0.128. The Morgan fingerprint density at radius 2 is 1.95 bits per heavy atom. The van der Waals surface area contributed by atoms with E-state index in [1.165, 1.54) is 21.1 Å². The van der Waals surface area contributed by atoms with Gasteiger partial charge in [-0.3, -0.25) is 9.59 Å². The third kappa shape index (κ3) is 3.67. The normalized spacial score (nSPS) is 11.3. The molecule has 0 spiro atoms. The van der Waals surface area contributed by atoms with Gasteiger partial charge in [0.05, 0.1) is 24.9 Å². The van der Waals surface area contributed by atoms with Crippen molar-refractivity contribution in [1.29, 1.82) is 0 Å². The summed E-state index contributed by atoms with van der Waals surface area (Å²) >= 11 is 5.07. The molecular weight excluding hydrogens is 280 g/mol. The van der Waals surface area contributed by atoms with Crippen molar-refractivity contribution in [3.8, 4) is 11.5 Å². The monoisotopic (exact) mass is 296 g/mol. The van der Waals surface area contributed by atoms with Crippen molar-refractivity contribution in [2.45, 2.75) is 6.92 Å². The van der Waals surface area contributed by atoms with E-state index in [4.69, 9.17) is 27.4 Å². The first-order chi connectivity index (χ1) is 9.40. The summed E-state index contributed by atoms with van der Waals surface area (Å²) in [5.41, 5.74) is 5.67. The van der Waals surface area contributed by atoms with Crippen molar-refractivity contribution in [3.05, 3.63) is 18.2 Å². The van der Waals surface area contributed by atoms with E-state index < -0.39 is 17.6 Å². The Kier molecular flexibility index (Phi) is 5.45. The van der Waals surface area contributed by atoms with Crippen LogP contribution in [0.15, 0.2) is 18.2 Å². The second-order valence-electron chi connectivity index (χ2n) is 4.00. The van der Waals surface area contributed by atoms with Crippen LogP contribution in [-0.2, 0) is 9.59 Å². The average Bonchev–Trinajstić information content (AvgIpc) is 2.37. The molecule has 1 aromatic rings. The van der Waals surface area contributed by atoms with E-state index in [2.05, 4.69) is 5.32 Å².